The molecular weight excluding hydrogens is 242 g/mol. The van der Waals surface area contributed by atoms with Gasteiger partial charge in [-0.25, -0.2) is 4.68 Å². The third-order valence-corrected chi connectivity index (χ3v) is 3.21. The van der Waals surface area contributed by atoms with Gasteiger partial charge in [-0.15, -0.1) is 0 Å². The molecule has 2 aromatic rings. The van der Waals surface area contributed by atoms with E-state index >= 15 is 0 Å². The van der Waals surface area contributed by atoms with Crippen molar-refractivity contribution < 1.29 is 4.74 Å². The van der Waals surface area contributed by atoms with Gasteiger partial charge in [0.25, 0.3) is 5.56 Å². The van der Waals surface area contributed by atoms with Crippen LogP contribution in [0.2, 0.25) is 0 Å². The highest BCUT2D eigenvalue weighted by atomic mass is 16.5. The molecule has 1 aromatic heterocycles. The van der Waals surface area contributed by atoms with Crippen LogP contribution in [0.5, 0.6) is 0 Å². The smallest absolute Gasteiger partial charge is 0.294 e. The predicted molar refractivity (Wildman–Crippen MR) is 75.6 cm³/mol. The average molecular weight is 261 g/mol. The van der Waals surface area contributed by atoms with E-state index in [1.54, 1.807) is 11.8 Å². The number of hydrogen-bond donors (Lipinski definition) is 1. The molecule has 0 radical (unpaired) electrons. The third kappa shape index (κ3) is 2.17. The van der Waals surface area contributed by atoms with Gasteiger partial charge in [0.1, 0.15) is 5.69 Å². The maximum absolute atomic E-state index is 12.4. The summed E-state index contributed by atoms with van der Waals surface area (Å²) in [5.41, 5.74) is 8.58. The van der Waals surface area contributed by atoms with Crippen LogP contribution in [-0.4, -0.2) is 16.5 Å². The summed E-state index contributed by atoms with van der Waals surface area (Å²) < 4.78 is 8.62. The summed E-state index contributed by atoms with van der Waals surface area (Å²) in [6.07, 6.45) is 0. The summed E-state index contributed by atoms with van der Waals surface area (Å²) in [4.78, 5) is 12.4. The maximum atomic E-state index is 12.4. The molecule has 0 amide bonds. The van der Waals surface area contributed by atoms with E-state index in [2.05, 4.69) is 0 Å². The van der Waals surface area contributed by atoms with Crippen LogP contribution >= 0.6 is 0 Å². The van der Waals surface area contributed by atoms with Gasteiger partial charge in [-0.2, -0.15) is 0 Å². The van der Waals surface area contributed by atoms with Crippen molar-refractivity contribution in [2.24, 2.45) is 0 Å². The minimum absolute atomic E-state index is 0.191. The van der Waals surface area contributed by atoms with Gasteiger partial charge in [0.15, 0.2) is 0 Å². The second kappa shape index (κ2) is 5.32. The van der Waals surface area contributed by atoms with Gasteiger partial charge in [-0.3, -0.25) is 9.48 Å². The van der Waals surface area contributed by atoms with Crippen LogP contribution in [0.4, 0.5) is 5.69 Å². The lowest BCUT2D eigenvalue weighted by Crippen LogP contribution is -2.22. The molecule has 1 aromatic carbocycles. The Hall–Kier alpha value is -2.01. The number of hydrogen-bond acceptors (Lipinski definition) is 3. The number of anilines is 1. The Morgan fingerprint density at radius 3 is 2.58 bits per heavy atom. The van der Waals surface area contributed by atoms with Gasteiger partial charge in [-0.05, 0) is 25.5 Å². The van der Waals surface area contributed by atoms with E-state index in [1.165, 1.54) is 0 Å². The first-order valence-corrected chi connectivity index (χ1v) is 6.26. The SMILES string of the molecule is CCn1c(COC)c(N)c(=O)n1-c1ccccc1C. The number of rotatable bonds is 4. The fraction of sp³-hybridized carbons (Fsp3) is 0.357. The van der Waals surface area contributed by atoms with Crippen molar-refractivity contribution in [3.05, 3.63) is 45.9 Å². The molecule has 2 rings (SSSR count). The zero-order valence-corrected chi connectivity index (χ0v) is 11.5. The van der Waals surface area contributed by atoms with Crippen molar-refractivity contribution in [1.82, 2.24) is 9.36 Å². The standard InChI is InChI=1S/C14H19N3O2/c1-4-16-12(9-19-3)13(15)14(18)17(16)11-8-6-5-7-10(11)2/h5-8H,4,9,15H2,1-3H3. The van der Waals surface area contributed by atoms with Gasteiger partial charge in [-0.1, -0.05) is 18.2 Å². The quantitative estimate of drug-likeness (QED) is 0.911. The number of aryl methyl sites for hydroxylation is 1. The summed E-state index contributed by atoms with van der Waals surface area (Å²) in [6, 6.07) is 7.75. The number of para-hydroxylation sites is 1. The van der Waals surface area contributed by atoms with Crippen molar-refractivity contribution >= 4 is 5.69 Å². The molecule has 5 nitrogen and oxygen atoms in total. The number of aromatic nitrogens is 2. The first-order chi connectivity index (χ1) is 9.11. The van der Waals surface area contributed by atoms with Gasteiger partial charge in [0.05, 0.1) is 18.0 Å². The Morgan fingerprint density at radius 1 is 1.32 bits per heavy atom. The van der Waals surface area contributed by atoms with Gasteiger partial charge in [0.2, 0.25) is 0 Å². The maximum Gasteiger partial charge on any atom is 0.294 e. The normalized spacial score (nSPS) is 10.9. The third-order valence-electron chi connectivity index (χ3n) is 3.21. The van der Waals surface area contributed by atoms with Gasteiger partial charge < -0.3 is 10.5 Å². The zero-order chi connectivity index (χ0) is 14.0. The number of benzene rings is 1. The molecule has 0 aliphatic carbocycles. The number of ether oxygens (including phenoxy) is 1. The van der Waals surface area contributed by atoms with E-state index in [-0.39, 0.29) is 11.2 Å². The number of methoxy groups -OCH3 is 1. The highest BCUT2D eigenvalue weighted by Gasteiger charge is 2.18. The van der Waals surface area contributed by atoms with Crippen molar-refractivity contribution in [2.45, 2.75) is 27.0 Å². The Bertz CT molecular complexity index is 641. The molecule has 0 atom stereocenters. The molecule has 19 heavy (non-hydrogen) atoms. The van der Waals surface area contributed by atoms with Gasteiger partial charge >= 0.3 is 0 Å². The second-order valence-electron chi connectivity index (χ2n) is 4.41. The van der Waals surface area contributed by atoms with E-state index in [9.17, 15) is 4.79 Å². The highest BCUT2D eigenvalue weighted by Crippen LogP contribution is 2.17. The largest absolute Gasteiger partial charge is 0.393 e. The van der Waals surface area contributed by atoms with E-state index in [0.717, 1.165) is 16.9 Å². The molecule has 0 saturated carbocycles. The first-order valence-electron chi connectivity index (χ1n) is 6.26. The molecule has 2 N–H and O–H groups in total. The molecule has 5 heteroatoms. The lowest BCUT2D eigenvalue weighted by molar-refractivity contribution is 0.176. The fourth-order valence-electron chi connectivity index (χ4n) is 2.27. The molecule has 0 aliphatic heterocycles. The van der Waals surface area contributed by atoms with Crippen LogP contribution in [0.1, 0.15) is 18.2 Å². The lowest BCUT2D eigenvalue weighted by Gasteiger charge is -2.14. The van der Waals surface area contributed by atoms with Crippen LogP contribution in [0.3, 0.4) is 0 Å². The first kappa shape index (κ1) is 13.4. The average Bonchev–Trinajstić information content (AvgIpc) is 2.64. The Morgan fingerprint density at radius 2 is 2.00 bits per heavy atom. The molecule has 0 saturated heterocycles. The molecule has 0 spiro atoms. The van der Waals surface area contributed by atoms with E-state index < -0.39 is 0 Å². The molecule has 0 unspecified atom stereocenters. The Labute approximate surface area is 112 Å². The van der Waals surface area contributed by atoms with Crippen molar-refractivity contribution in [2.75, 3.05) is 12.8 Å². The summed E-state index contributed by atoms with van der Waals surface area (Å²) in [6.45, 7) is 4.93. The van der Waals surface area contributed by atoms with Crippen molar-refractivity contribution in [3.63, 3.8) is 0 Å². The van der Waals surface area contributed by atoms with E-state index in [0.29, 0.717) is 13.2 Å². The van der Waals surface area contributed by atoms with E-state index in [4.69, 9.17) is 10.5 Å². The van der Waals surface area contributed by atoms with Crippen molar-refractivity contribution in [3.8, 4) is 5.69 Å². The lowest BCUT2D eigenvalue weighted by atomic mass is 10.2. The number of nitrogens with two attached hydrogens (primary N) is 1. The fourth-order valence-corrected chi connectivity index (χ4v) is 2.27. The summed E-state index contributed by atoms with van der Waals surface area (Å²) in [7, 11) is 1.59. The van der Waals surface area contributed by atoms with Crippen LogP contribution < -0.4 is 11.3 Å². The summed E-state index contributed by atoms with van der Waals surface area (Å²) >= 11 is 0. The second-order valence-corrected chi connectivity index (χ2v) is 4.41. The molecule has 102 valence electrons. The molecular formula is C14H19N3O2. The number of nitrogens with zero attached hydrogens (tertiary/aromatic N) is 2. The molecule has 1 heterocycles. The Kier molecular flexibility index (Phi) is 3.76. The van der Waals surface area contributed by atoms with Crippen LogP contribution in [0.15, 0.2) is 29.1 Å². The zero-order valence-electron chi connectivity index (χ0n) is 11.5. The summed E-state index contributed by atoms with van der Waals surface area (Å²) in [5.74, 6) is 0. The Balaban J connectivity index is 2.74. The summed E-state index contributed by atoms with van der Waals surface area (Å²) in [5, 5.41) is 0. The topological polar surface area (TPSA) is 62.2 Å². The minimum Gasteiger partial charge on any atom is -0.393 e. The van der Waals surface area contributed by atoms with Crippen LogP contribution in [0, 0.1) is 6.92 Å². The van der Waals surface area contributed by atoms with E-state index in [1.807, 2.05) is 42.8 Å². The highest BCUT2D eigenvalue weighted by molar-refractivity contribution is 5.47. The van der Waals surface area contributed by atoms with Crippen LogP contribution in [-0.2, 0) is 17.9 Å². The monoisotopic (exact) mass is 261 g/mol. The van der Waals surface area contributed by atoms with Gasteiger partial charge in [0, 0.05) is 13.7 Å². The van der Waals surface area contributed by atoms with Crippen molar-refractivity contribution in [1.29, 1.82) is 0 Å². The minimum atomic E-state index is -0.191. The molecule has 0 aliphatic rings. The predicted octanol–water partition coefficient (Wildman–Crippen LogP) is 1.70. The number of nitrogen functional groups attached to an aromatic ring is 1. The van der Waals surface area contributed by atoms with Crippen LogP contribution in [0.25, 0.3) is 5.69 Å². The molecule has 0 fully saturated rings. The molecule has 0 bridgehead atoms.